The summed E-state index contributed by atoms with van der Waals surface area (Å²) in [5, 5.41) is 43.0. The van der Waals surface area contributed by atoms with E-state index in [1.807, 2.05) is 0 Å². The maximum Gasteiger partial charge on any atom is 0.338 e. The van der Waals surface area contributed by atoms with Crippen molar-refractivity contribution in [3.05, 3.63) is 97.1 Å². The number of aliphatic carboxylic acids is 1. The van der Waals surface area contributed by atoms with Crippen molar-refractivity contribution in [2.24, 2.45) is 0 Å². The number of benzene rings is 3. The van der Waals surface area contributed by atoms with Crippen molar-refractivity contribution in [3.63, 3.8) is 0 Å². The van der Waals surface area contributed by atoms with Crippen molar-refractivity contribution in [3.8, 4) is 34.5 Å². The van der Waals surface area contributed by atoms with Crippen LogP contribution in [0.5, 0.6) is 34.5 Å². The average molecular weight is 645 g/mol. The van der Waals surface area contributed by atoms with E-state index in [0.717, 1.165) is 0 Å². The van der Waals surface area contributed by atoms with Gasteiger partial charge in [0.05, 0.1) is 0 Å². The van der Waals surface area contributed by atoms with Gasteiger partial charge in [0.25, 0.3) is 0 Å². The number of hydrogen-bond acceptors (Lipinski definition) is 12. The number of phenols is 4. The first-order valence-electron chi connectivity index (χ1n) is 12.5. The highest BCUT2D eigenvalue weighted by Crippen LogP contribution is 2.17. The second-order valence-electron chi connectivity index (χ2n) is 8.44. The predicted octanol–water partition coefficient (Wildman–Crippen LogP) is 5.67. The standard InChI is InChI=1S/C10H10O3.C8H8O3.C6H6O2.C4H6O3.C4H6O2.CH4/c1-7(2)10(12)13-9-5-3-8(11)4-6-9;1-6(9)11-8-4-2-7(10)3-5-8;7-5-1-2-6(8)4-3-5;1-3(5)7-4(2)6;1-3(2)4(5)6;/h3-6,11H,1H2,2H3;2-5,10H,1H3;1-4,7-8H;1-2H3;1H2,2H3,(H,5,6);1H4. The summed E-state index contributed by atoms with van der Waals surface area (Å²) < 4.78 is 13.6. The molecule has 13 nitrogen and oxygen atoms in total. The highest BCUT2D eigenvalue weighted by Gasteiger charge is 2.04. The van der Waals surface area contributed by atoms with Crippen molar-refractivity contribution in [2.75, 3.05) is 0 Å². The van der Waals surface area contributed by atoms with Crippen LogP contribution in [0.1, 0.15) is 42.0 Å². The van der Waals surface area contributed by atoms with Gasteiger partial charge >= 0.3 is 29.8 Å². The Bertz CT molecular complexity index is 1360. The molecule has 250 valence electrons. The van der Waals surface area contributed by atoms with Crippen LogP contribution < -0.4 is 9.47 Å². The molecule has 3 aromatic rings. The smallest absolute Gasteiger partial charge is 0.338 e. The van der Waals surface area contributed by atoms with E-state index in [4.69, 9.17) is 35.0 Å². The Labute approximate surface area is 267 Å². The number of aromatic hydroxyl groups is 4. The largest absolute Gasteiger partial charge is 0.508 e. The molecule has 0 fully saturated rings. The molecule has 0 aliphatic rings. The summed E-state index contributed by atoms with van der Waals surface area (Å²) in [5.41, 5.74) is 0.517. The van der Waals surface area contributed by atoms with Crippen LogP contribution in [0.4, 0.5) is 0 Å². The molecule has 0 spiro atoms. The lowest BCUT2D eigenvalue weighted by Gasteiger charge is -2.02. The number of carbonyl (C=O) groups is 5. The summed E-state index contributed by atoms with van der Waals surface area (Å²) >= 11 is 0. The Kier molecular flexibility index (Phi) is 23.5. The number of carbonyl (C=O) groups excluding carboxylic acids is 4. The minimum absolute atomic E-state index is 0. The summed E-state index contributed by atoms with van der Waals surface area (Å²) in [6.45, 7) is 13.3. The molecule has 0 saturated heterocycles. The zero-order chi connectivity index (χ0) is 35.1. The minimum Gasteiger partial charge on any atom is -0.508 e. The van der Waals surface area contributed by atoms with E-state index < -0.39 is 23.9 Å². The van der Waals surface area contributed by atoms with E-state index >= 15 is 0 Å². The number of hydrogen-bond donors (Lipinski definition) is 5. The van der Waals surface area contributed by atoms with Gasteiger partial charge in [-0.3, -0.25) is 14.4 Å². The zero-order valence-corrected chi connectivity index (χ0v) is 25.3. The van der Waals surface area contributed by atoms with Crippen LogP contribution in [-0.2, 0) is 28.7 Å². The molecule has 3 rings (SSSR count). The molecular formula is C33H40O13. The fourth-order valence-corrected chi connectivity index (χ4v) is 2.04. The van der Waals surface area contributed by atoms with E-state index in [1.54, 1.807) is 6.92 Å². The molecule has 0 aromatic heterocycles. The van der Waals surface area contributed by atoms with Gasteiger partial charge in [-0.15, -0.1) is 0 Å². The highest BCUT2D eigenvalue weighted by atomic mass is 16.6. The second-order valence-corrected chi connectivity index (χ2v) is 8.44. The third kappa shape index (κ3) is 26.8. The first-order chi connectivity index (χ1) is 20.8. The minimum atomic E-state index is -0.935. The van der Waals surface area contributed by atoms with E-state index in [1.165, 1.54) is 100 Å². The topological polar surface area (TPSA) is 214 Å². The predicted molar refractivity (Wildman–Crippen MR) is 169 cm³/mol. The molecule has 0 atom stereocenters. The molecule has 0 radical (unpaired) electrons. The fraction of sp³-hybridized carbons (Fsp3) is 0.182. The van der Waals surface area contributed by atoms with Crippen LogP contribution in [-0.4, -0.2) is 55.4 Å². The van der Waals surface area contributed by atoms with E-state index in [9.17, 15) is 24.0 Å². The number of esters is 4. The molecule has 46 heavy (non-hydrogen) atoms. The van der Waals surface area contributed by atoms with E-state index in [2.05, 4.69) is 17.9 Å². The number of carboxylic acid groups (broad SMARTS) is 1. The van der Waals surface area contributed by atoms with Crippen molar-refractivity contribution in [2.45, 2.75) is 42.0 Å². The monoisotopic (exact) mass is 644 g/mol. The van der Waals surface area contributed by atoms with Gasteiger partial charge in [0.1, 0.15) is 34.5 Å². The van der Waals surface area contributed by atoms with Crippen LogP contribution in [0.25, 0.3) is 0 Å². The van der Waals surface area contributed by atoms with Crippen LogP contribution in [0, 0.1) is 0 Å². The van der Waals surface area contributed by atoms with Gasteiger partial charge < -0.3 is 39.7 Å². The summed E-state index contributed by atoms with van der Waals surface area (Å²) in [7, 11) is 0. The number of carboxylic acids is 1. The maximum absolute atomic E-state index is 11.0. The first kappa shape index (κ1) is 44.3. The van der Waals surface area contributed by atoms with Gasteiger partial charge in [0, 0.05) is 31.9 Å². The van der Waals surface area contributed by atoms with E-state index in [-0.39, 0.29) is 42.0 Å². The zero-order valence-electron chi connectivity index (χ0n) is 25.3. The third-order valence-electron chi connectivity index (χ3n) is 4.00. The lowest BCUT2D eigenvalue weighted by atomic mass is 10.3. The van der Waals surface area contributed by atoms with Crippen molar-refractivity contribution < 1.29 is 63.7 Å². The van der Waals surface area contributed by atoms with Crippen molar-refractivity contribution in [1.29, 1.82) is 0 Å². The van der Waals surface area contributed by atoms with Crippen molar-refractivity contribution >= 4 is 29.8 Å². The van der Waals surface area contributed by atoms with Crippen LogP contribution in [0.3, 0.4) is 0 Å². The summed E-state index contributed by atoms with van der Waals surface area (Å²) in [6, 6.07) is 17.6. The molecule has 0 amide bonds. The van der Waals surface area contributed by atoms with Gasteiger partial charge in [-0.05, 0) is 86.6 Å². The molecule has 0 aliphatic heterocycles. The summed E-state index contributed by atoms with van der Waals surface area (Å²) in [6.07, 6.45) is 0. The molecule has 0 saturated carbocycles. The van der Waals surface area contributed by atoms with Gasteiger partial charge in [-0.2, -0.15) is 0 Å². The summed E-state index contributed by atoms with van der Waals surface area (Å²) in [5.74, 6) is -1.43. The average Bonchev–Trinajstić information content (AvgIpc) is 2.93. The SMILES string of the molecule is C.C=C(C)C(=O)O.C=C(C)C(=O)Oc1ccc(O)cc1.CC(=O)OC(C)=O.CC(=O)Oc1ccc(O)cc1.Oc1ccc(O)cc1. The van der Waals surface area contributed by atoms with Gasteiger partial charge in [0.2, 0.25) is 0 Å². The number of ether oxygens (including phenoxy) is 3. The normalized spacial score (nSPS) is 8.54. The molecule has 0 heterocycles. The quantitative estimate of drug-likeness (QED) is 0.0762. The Morgan fingerprint density at radius 2 is 0.761 bits per heavy atom. The van der Waals surface area contributed by atoms with Gasteiger partial charge in [-0.25, -0.2) is 9.59 Å². The molecule has 3 aromatic carbocycles. The lowest BCUT2D eigenvalue weighted by molar-refractivity contribution is -0.156. The lowest BCUT2D eigenvalue weighted by Crippen LogP contribution is -2.07. The van der Waals surface area contributed by atoms with Crippen LogP contribution in [0.15, 0.2) is 97.1 Å². The highest BCUT2D eigenvalue weighted by molar-refractivity contribution is 5.88. The van der Waals surface area contributed by atoms with Gasteiger partial charge in [0.15, 0.2) is 0 Å². The Morgan fingerprint density at radius 1 is 0.500 bits per heavy atom. The molecule has 0 unspecified atom stereocenters. The third-order valence-corrected chi connectivity index (χ3v) is 4.00. The molecule has 0 bridgehead atoms. The maximum atomic E-state index is 11.0. The van der Waals surface area contributed by atoms with E-state index in [0.29, 0.717) is 17.1 Å². The Morgan fingerprint density at radius 3 is 0.957 bits per heavy atom. The van der Waals surface area contributed by atoms with Crippen LogP contribution >= 0.6 is 0 Å². The molecule has 13 heteroatoms. The number of phenolic OH excluding ortho intramolecular Hbond substituents is 4. The van der Waals surface area contributed by atoms with Gasteiger partial charge in [-0.1, -0.05) is 20.6 Å². The molecule has 5 N–H and O–H groups in total. The summed E-state index contributed by atoms with van der Waals surface area (Å²) in [4.78, 5) is 50.6. The van der Waals surface area contributed by atoms with Crippen molar-refractivity contribution in [1.82, 2.24) is 0 Å². The first-order valence-corrected chi connectivity index (χ1v) is 12.5. The second kappa shape index (κ2) is 24.3. The number of rotatable bonds is 4. The Hall–Kier alpha value is -6.11. The molecule has 0 aliphatic carbocycles. The fourth-order valence-electron chi connectivity index (χ4n) is 2.04. The Balaban J connectivity index is -0.000000515. The van der Waals surface area contributed by atoms with Crippen LogP contribution in [0.2, 0.25) is 0 Å². The molecular weight excluding hydrogens is 604 g/mol.